The van der Waals surface area contributed by atoms with Crippen molar-refractivity contribution in [1.29, 1.82) is 0 Å². The molecule has 0 aromatic rings. The lowest BCUT2D eigenvalue weighted by atomic mass is 9.67. The number of hydrogen-bond donors (Lipinski definition) is 2. The topological polar surface area (TPSA) is 58.6 Å². The molecule has 0 aromatic heterocycles. The lowest BCUT2D eigenvalue weighted by Crippen LogP contribution is -2.56. The Balaban J connectivity index is 2.59. The summed E-state index contributed by atoms with van der Waals surface area (Å²) in [6, 6.07) is 0. The molecule has 0 unspecified atom stereocenters. The molecule has 0 aromatic carbocycles. The van der Waals surface area contributed by atoms with Gasteiger partial charge in [0.1, 0.15) is 5.60 Å². The minimum absolute atomic E-state index is 0.130. The molecule has 0 bridgehead atoms. The van der Waals surface area contributed by atoms with Crippen molar-refractivity contribution in [3.8, 4) is 0 Å². The first kappa shape index (κ1) is 15.3. The van der Waals surface area contributed by atoms with Crippen molar-refractivity contribution in [2.45, 2.75) is 71.4 Å². The van der Waals surface area contributed by atoms with Crippen LogP contribution in [0.1, 0.15) is 60.3 Å². The lowest BCUT2D eigenvalue weighted by molar-refractivity contribution is 0.0239. The molecule has 4 nitrogen and oxygen atoms in total. The molecule has 1 aliphatic carbocycles. The number of hydrogen-bond acceptors (Lipinski definition) is 3. The Kier molecular flexibility index (Phi) is 4.31. The second-order valence-electron chi connectivity index (χ2n) is 7.26. The molecule has 1 amide bonds. The second kappa shape index (κ2) is 5.08. The minimum Gasteiger partial charge on any atom is -0.444 e. The van der Waals surface area contributed by atoms with Crippen molar-refractivity contribution in [1.82, 2.24) is 5.32 Å². The van der Waals surface area contributed by atoms with Crippen LogP contribution in [0, 0.1) is 5.41 Å². The molecule has 0 spiro atoms. The summed E-state index contributed by atoms with van der Waals surface area (Å²) in [5.74, 6) is 0. The van der Waals surface area contributed by atoms with E-state index in [4.69, 9.17) is 4.74 Å². The van der Waals surface area contributed by atoms with E-state index in [9.17, 15) is 9.90 Å². The van der Waals surface area contributed by atoms with Gasteiger partial charge in [0.05, 0.1) is 0 Å². The normalized spacial score (nSPS) is 19.0. The maximum atomic E-state index is 11.8. The van der Waals surface area contributed by atoms with Crippen LogP contribution in [0.2, 0.25) is 0 Å². The van der Waals surface area contributed by atoms with Crippen LogP contribution >= 0.6 is 0 Å². The zero-order valence-corrected chi connectivity index (χ0v) is 12.3. The van der Waals surface area contributed by atoms with Gasteiger partial charge in [0, 0.05) is 12.1 Å². The maximum absolute atomic E-state index is 11.8. The highest BCUT2D eigenvalue weighted by molar-refractivity contribution is 5.69. The number of carbonyl (C=O) groups is 1. The highest BCUT2D eigenvalue weighted by Gasteiger charge is 2.43. The molecule has 18 heavy (non-hydrogen) atoms. The van der Waals surface area contributed by atoms with E-state index in [1.54, 1.807) is 0 Å². The monoisotopic (exact) mass is 257 g/mol. The summed E-state index contributed by atoms with van der Waals surface area (Å²) in [4.78, 5) is 11.8. The lowest BCUT2D eigenvalue weighted by Gasteiger charge is -2.46. The molecule has 1 saturated carbocycles. The standard InChI is InChI=1S/C14H27NO3/c1-12(2,3)18-11(17)15-14(7-6-8-14)9-13(4,5)10-16/h16H,6-10H2,1-5H3,(H,15,17). The molecule has 0 saturated heterocycles. The van der Waals surface area contributed by atoms with Gasteiger partial charge < -0.3 is 15.2 Å². The van der Waals surface area contributed by atoms with Gasteiger partial charge in [0.25, 0.3) is 0 Å². The highest BCUT2D eigenvalue weighted by atomic mass is 16.6. The first-order chi connectivity index (χ1) is 8.08. The Bertz CT molecular complexity index is 301. The van der Waals surface area contributed by atoms with E-state index < -0.39 is 5.60 Å². The molecule has 106 valence electrons. The van der Waals surface area contributed by atoms with Gasteiger partial charge in [-0.1, -0.05) is 13.8 Å². The van der Waals surface area contributed by atoms with Crippen molar-refractivity contribution in [3.63, 3.8) is 0 Å². The number of amides is 1. The molecular formula is C14H27NO3. The van der Waals surface area contributed by atoms with Crippen LogP contribution < -0.4 is 5.32 Å². The maximum Gasteiger partial charge on any atom is 0.408 e. The summed E-state index contributed by atoms with van der Waals surface area (Å²) < 4.78 is 5.30. The molecular weight excluding hydrogens is 230 g/mol. The Morgan fingerprint density at radius 3 is 2.17 bits per heavy atom. The van der Waals surface area contributed by atoms with Crippen LogP contribution in [0.25, 0.3) is 0 Å². The van der Waals surface area contributed by atoms with Gasteiger partial charge in [-0.25, -0.2) is 4.79 Å². The van der Waals surface area contributed by atoms with Crippen molar-refractivity contribution in [3.05, 3.63) is 0 Å². The quantitative estimate of drug-likeness (QED) is 0.814. The van der Waals surface area contributed by atoms with E-state index in [1.165, 1.54) is 0 Å². The molecule has 1 fully saturated rings. The van der Waals surface area contributed by atoms with Crippen LogP contribution in [0.5, 0.6) is 0 Å². The van der Waals surface area contributed by atoms with Crippen molar-refractivity contribution >= 4 is 6.09 Å². The SMILES string of the molecule is CC(C)(CO)CC1(NC(=O)OC(C)(C)C)CCC1. The number of alkyl carbamates (subject to hydrolysis) is 1. The van der Waals surface area contributed by atoms with Gasteiger partial charge >= 0.3 is 6.09 Å². The van der Waals surface area contributed by atoms with E-state index >= 15 is 0 Å². The van der Waals surface area contributed by atoms with Gasteiger partial charge in [-0.3, -0.25) is 0 Å². The molecule has 1 rings (SSSR count). The average molecular weight is 257 g/mol. The van der Waals surface area contributed by atoms with Gasteiger partial charge in [-0.2, -0.15) is 0 Å². The summed E-state index contributed by atoms with van der Waals surface area (Å²) in [5.41, 5.74) is -0.828. The molecule has 0 radical (unpaired) electrons. The van der Waals surface area contributed by atoms with Crippen LogP contribution in [-0.2, 0) is 4.74 Å². The van der Waals surface area contributed by atoms with E-state index in [2.05, 4.69) is 5.32 Å². The predicted octanol–water partition coefficient (Wildman–Crippen LogP) is 2.84. The van der Waals surface area contributed by atoms with E-state index in [-0.39, 0.29) is 23.7 Å². The molecule has 0 atom stereocenters. The van der Waals surface area contributed by atoms with Crippen molar-refractivity contribution in [2.75, 3.05) is 6.61 Å². The zero-order chi connectivity index (χ0) is 14.0. The van der Waals surface area contributed by atoms with Crippen LogP contribution in [0.15, 0.2) is 0 Å². The smallest absolute Gasteiger partial charge is 0.408 e. The number of nitrogens with one attached hydrogen (secondary N) is 1. The summed E-state index contributed by atoms with van der Waals surface area (Å²) in [5, 5.41) is 12.4. The third-order valence-corrected chi connectivity index (χ3v) is 3.32. The summed E-state index contributed by atoms with van der Waals surface area (Å²) >= 11 is 0. The summed E-state index contributed by atoms with van der Waals surface area (Å²) in [7, 11) is 0. The third kappa shape index (κ3) is 4.48. The molecule has 1 aliphatic rings. The van der Waals surface area contributed by atoms with Gasteiger partial charge in [0.15, 0.2) is 0 Å². The fourth-order valence-corrected chi connectivity index (χ4v) is 2.44. The first-order valence-corrected chi connectivity index (χ1v) is 6.70. The summed E-state index contributed by atoms with van der Waals surface area (Å²) in [6.07, 6.45) is 3.49. The number of aliphatic hydroxyl groups is 1. The average Bonchev–Trinajstić information content (AvgIpc) is 2.11. The van der Waals surface area contributed by atoms with Crippen molar-refractivity contribution in [2.24, 2.45) is 5.41 Å². The zero-order valence-electron chi connectivity index (χ0n) is 12.3. The number of aliphatic hydroxyl groups excluding tert-OH is 1. The van der Waals surface area contributed by atoms with E-state index in [0.717, 1.165) is 25.7 Å². The number of ether oxygens (including phenoxy) is 1. The first-order valence-electron chi connectivity index (χ1n) is 6.70. The largest absolute Gasteiger partial charge is 0.444 e. The fourth-order valence-electron chi connectivity index (χ4n) is 2.44. The second-order valence-corrected chi connectivity index (χ2v) is 7.26. The van der Waals surface area contributed by atoms with E-state index in [0.29, 0.717) is 0 Å². The number of rotatable bonds is 4. The Hall–Kier alpha value is -0.770. The third-order valence-electron chi connectivity index (χ3n) is 3.32. The fraction of sp³-hybridized carbons (Fsp3) is 0.929. The van der Waals surface area contributed by atoms with Gasteiger partial charge in [-0.05, 0) is 51.9 Å². The van der Waals surface area contributed by atoms with Gasteiger partial charge in [-0.15, -0.1) is 0 Å². The van der Waals surface area contributed by atoms with Gasteiger partial charge in [0.2, 0.25) is 0 Å². The number of carbonyl (C=O) groups excluding carboxylic acids is 1. The molecule has 0 heterocycles. The minimum atomic E-state index is -0.471. The van der Waals surface area contributed by atoms with Crippen LogP contribution in [0.3, 0.4) is 0 Å². The highest BCUT2D eigenvalue weighted by Crippen LogP contribution is 2.41. The van der Waals surface area contributed by atoms with Crippen molar-refractivity contribution < 1.29 is 14.6 Å². The Morgan fingerprint density at radius 2 is 1.83 bits per heavy atom. The van der Waals surface area contributed by atoms with E-state index in [1.807, 2.05) is 34.6 Å². The van der Waals surface area contributed by atoms with Crippen LogP contribution in [-0.4, -0.2) is 28.9 Å². The Morgan fingerprint density at radius 1 is 1.28 bits per heavy atom. The molecule has 0 aliphatic heterocycles. The Labute approximate surface area is 110 Å². The van der Waals surface area contributed by atoms with Crippen LogP contribution in [0.4, 0.5) is 4.79 Å². The molecule has 4 heteroatoms. The molecule has 2 N–H and O–H groups in total. The summed E-state index contributed by atoms with van der Waals surface area (Å²) in [6.45, 7) is 9.74. The predicted molar refractivity (Wildman–Crippen MR) is 71.4 cm³/mol.